The van der Waals surface area contributed by atoms with Crippen LogP contribution in [0.25, 0.3) is 0 Å². The summed E-state index contributed by atoms with van der Waals surface area (Å²) in [4.78, 5) is 0. The Morgan fingerprint density at radius 2 is 1.80 bits per heavy atom. The van der Waals surface area contributed by atoms with Gasteiger partial charge in [0.1, 0.15) is 0 Å². The van der Waals surface area contributed by atoms with Gasteiger partial charge in [-0.15, -0.1) is 0 Å². The quantitative estimate of drug-likeness (QED) is 0.832. The summed E-state index contributed by atoms with van der Waals surface area (Å²) in [6.07, 6.45) is 1.22. The molecule has 0 heterocycles. The molecule has 3 atom stereocenters. The predicted molar refractivity (Wildman–Crippen MR) is 85.6 cm³/mol. The molecule has 3 heteroatoms. The summed E-state index contributed by atoms with van der Waals surface area (Å²) in [6.45, 7) is 0. The summed E-state index contributed by atoms with van der Waals surface area (Å²) in [5, 5.41) is 4.66. The molecule has 0 bridgehead atoms. The first-order chi connectivity index (χ1) is 9.70. The maximum Gasteiger partial charge on any atom is 0.0595 e. The zero-order chi connectivity index (χ0) is 14.1. The summed E-state index contributed by atoms with van der Waals surface area (Å²) in [5.41, 5.74) is 2.64. The lowest BCUT2D eigenvalue weighted by molar-refractivity contribution is 0.518. The van der Waals surface area contributed by atoms with E-state index < -0.39 is 0 Å². The largest absolute Gasteiger partial charge is 0.313 e. The third-order valence-corrected chi connectivity index (χ3v) is 4.85. The molecule has 0 saturated heterocycles. The van der Waals surface area contributed by atoms with E-state index in [4.69, 9.17) is 23.2 Å². The van der Waals surface area contributed by atoms with Crippen molar-refractivity contribution in [2.45, 2.75) is 18.4 Å². The van der Waals surface area contributed by atoms with E-state index in [1.807, 2.05) is 19.2 Å². The van der Waals surface area contributed by atoms with Crippen LogP contribution in [0.1, 0.15) is 29.5 Å². The molecule has 1 saturated carbocycles. The van der Waals surface area contributed by atoms with Gasteiger partial charge in [-0.05, 0) is 48.6 Å². The van der Waals surface area contributed by atoms with Gasteiger partial charge in [0.05, 0.1) is 10.0 Å². The highest BCUT2D eigenvalue weighted by molar-refractivity contribution is 6.42. The van der Waals surface area contributed by atoms with E-state index in [2.05, 4.69) is 41.7 Å². The molecule has 1 aliphatic rings. The Kier molecular flexibility index (Phi) is 4.02. The number of rotatable bonds is 4. The minimum Gasteiger partial charge on any atom is -0.313 e. The Bertz CT molecular complexity index is 597. The first-order valence-electron chi connectivity index (χ1n) is 6.88. The Morgan fingerprint density at radius 1 is 1.05 bits per heavy atom. The normalized spacial score (nSPS) is 22.6. The van der Waals surface area contributed by atoms with Crippen LogP contribution in [0.15, 0.2) is 48.5 Å². The van der Waals surface area contributed by atoms with Gasteiger partial charge < -0.3 is 5.32 Å². The maximum absolute atomic E-state index is 6.13. The van der Waals surface area contributed by atoms with Gasteiger partial charge in [-0.25, -0.2) is 0 Å². The van der Waals surface area contributed by atoms with E-state index >= 15 is 0 Å². The standard InChI is InChI=1S/C17H17Cl2N/c1-20-17(12-7-8-15(18)16(19)9-12)14-10-13(14)11-5-3-2-4-6-11/h2-9,13-14,17,20H,10H2,1H3. The van der Waals surface area contributed by atoms with E-state index in [1.54, 1.807) is 0 Å². The maximum atomic E-state index is 6.13. The summed E-state index contributed by atoms with van der Waals surface area (Å²) >= 11 is 12.1. The first-order valence-corrected chi connectivity index (χ1v) is 7.63. The van der Waals surface area contributed by atoms with E-state index in [0.717, 1.165) is 0 Å². The molecule has 1 N–H and O–H groups in total. The van der Waals surface area contributed by atoms with Gasteiger partial charge in [0, 0.05) is 6.04 Å². The molecule has 3 rings (SSSR count). The molecule has 104 valence electrons. The molecule has 3 unspecified atom stereocenters. The molecule has 0 aliphatic heterocycles. The Labute approximate surface area is 129 Å². The molecule has 0 radical (unpaired) electrons. The van der Waals surface area contributed by atoms with Crippen LogP contribution in [0.4, 0.5) is 0 Å². The minimum absolute atomic E-state index is 0.329. The van der Waals surface area contributed by atoms with Crippen molar-refractivity contribution >= 4 is 23.2 Å². The van der Waals surface area contributed by atoms with Crippen LogP contribution >= 0.6 is 23.2 Å². The van der Waals surface area contributed by atoms with Gasteiger partial charge in [0.2, 0.25) is 0 Å². The van der Waals surface area contributed by atoms with Gasteiger partial charge in [0.15, 0.2) is 0 Å². The highest BCUT2D eigenvalue weighted by Gasteiger charge is 2.43. The Balaban J connectivity index is 1.80. The fraction of sp³-hybridized carbons (Fsp3) is 0.294. The second kappa shape index (κ2) is 5.77. The van der Waals surface area contributed by atoms with Crippen molar-refractivity contribution in [1.82, 2.24) is 5.32 Å². The molecular weight excluding hydrogens is 289 g/mol. The van der Waals surface area contributed by atoms with Crippen LogP contribution in [0.3, 0.4) is 0 Å². The third kappa shape index (κ3) is 2.71. The number of hydrogen-bond donors (Lipinski definition) is 1. The molecule has 0 aromatic heterocycles. The molecule has 20 heavy (non-hydrogen) atoms. The van der Waals surface area contributed by atoms with Gasteiger partial charge >= 0.3 is 0 Å². The van der Waals surface area contributed by atoms with E-state index in [-0.39, 0.29) is 0 Å². The molecule has 2 aromatic rings. The lowest BCUT2D eigenvalue weighted by Gasteiger charge is -2.17. The van der Waals surface area contributed by atoms with Crippen LogP contribution in [-0.2, 0) is 0 Å². The molecule has 1 fully saturated rings. The van der Waals surface area contributed by atoms with Crippen molar-refractivity contribution in [1.29, 1.82) is 0 Å². The average Bonchev–Trinajstić information content (AvgIpc) is 3.25. The fourth-order valence-electron chi connectivity index (χ4n) is 3.00. The number of halogens is 2. The van der Waals surface area contributed by atoms with Crippen molar-refractivity contribution in [3.05, 3.63) is 69.7 Å². The molecule has 1 nitrogen and oxygen atoms in total. The third-order valence-electron chi connectivity index (χ3n) is 4.11. The summed E-state index contributed by atoms with van der Waals surface area (Å²) in [6, 6.07) is 17.0. The van der Waals surface area contributed by atoms with Crippen LogP contribution in [0.2, 0.25) is 10.0 Å². The summed E-state index contributed by atoms with van der Waals surface area (Å²) in [5.74, 6) is 1.27. The molecular formula is C17H17Cl2N. The van der Waals surface area contributed by atoms with Gasteiger partial charge in [-0.2, -0.15) is 0 Å². The second-order valence-electron chi connectivity index (χ2n) is 5.36. The van der Waals surface area contributed by atoms with Gasteiger partial charge in [-0.3, -0.25) is 0 Å². The number of benzene rings is 2. The van der Waals surface area contributed by atoms with Crippen LogP contribution in [0, 0.1) is 5.92 Å². The van der Waals surface area contributed by atoms with Crippen LogP contribution < -0.4 is 5.32 Å². The molecule has 1 aliphatic carbocycles. The Morgan fingerprint density at radius 3 is 2.45 bits per heavy atom. The van der Waals surface area contributed by atoms with E-state index in [1.165, 1.54) is 17.5 Å². The van der Waals surface area contributed by atoms with Crippen LogP contribution in [-0.4, -0.2) is 7.05 Å². The van der Waals surface area contributed by atoms with Crippen molar-refractivity contribution < 1.29 is 0 Å². The highest BCUT2D eigenvalue weighted by Crippen LogP contribution is 2.54. The van der Waals surface area contributed by atoms with Crippen molar-refractivity contribution in [3.63, 3.8) is 0 Å². The first kappa shape index (κ1) is 13.9. The van der Waals surface area contributed by atoms with Crippen molar-refractivity contribution in [2.75, 3.05) is 7.05 Å². The molecule has 0 amide bonds. The highest BCUT2D eigenvalue weighted by atomic mass is 35.5. The lowest BCUT2D eigenvalue weighted by Crippen LogP contribution is -2.19. The average molecular weight is 306 g/mol. The van der Waals surface area contributed by atoms with Gasteiger partial charge in [-0.1, -0.05) is 59.6 Å². The molecule has 2 aromatic carbocycles. The lowest BCUT2D eigenvalue weighted by atomic mass is 9.99. The summed E-state index contributed by atoms with van der Waals surface area (Å²) < 4.78 is 0. The zero-order valence-electron chi connectivity index (χ0n) is 11.3. The predicted octanol–water partition coefficient (Wildman–Crippen LogP) is 5.06. The fourth-order valence-corrected chi connectivity index (χ4v) is 3.31. The van der Waals surface area contributed by atoms with E-state index in [9.17, 15) is 0 Å². The van der Waals surface area contributed by atoms with Crippen molar-refractivity contribution in [3.8, 4) is 0 Å². The smallest absolute Gasteiger partial charge is 0.0595 e. The van der Waals surface area contributed by atoms with E-state index in [0.29, 0.717) is 27.9 Å². The summed E-state index contributed by atoms with van der Waals surface area (Å²) in [7, 11) is 2.01. The molecule has 0 spiro atoms. The van der Waals surface area contributed by atoms with Gasteiger partial charge in [0.25, 0.3) is 0 Å². The SMILES string of the molecule is CNC(c1ccc(Cl)c(Cl)c1)C1CC1c1ccccc1. The monoisotopic (exact) mass is 305 g/mol. The van der Waals surface area contributed by atoms with Crippen LogP contribution in [0.5, 0.6) is 0 Å². The number of hydrogen-bond acceptors (Lipinski definition) is 1. The Hall–Kier alpha value is -1.02. The number of nitrogens with one attached hydrogen (secondary N) is 1. The zero-order valence-corrected chi connectivity index (χ0v) is 12.8. The minimum atomic E-state index is 0.329. The topological polar surface area (TPSA) is 12.0 Å². The van der Waals surface area contributed by atoms with Crippen molar-refractivity contribution in [2.24, 2.45) is 5.92 Å². The second-order valence-corrected chi connectivity index (χ2v) is 6.17.